The summed E-state index contributed by atoms with van der Waals surface area (Å²) in [5, 5.41) is 3.39. The zero-order valence-corrected chi connectivity index (χ0v) is 12.6. The number of hydrogen-bond donors (Lipinski definition) is 1. The van der Waals surface area contributed by atoms with E-state index >= 15 is 0 Å². The fraction of sp³-hybridized carbons (Fsp3) is 0.929. The van der Waals surface area contributed by atoms with Crippen molar-refractivity contribution in [3.63, 3.8) is 0 Å². The number of nitrogens with zero attached hydrogens (tertiary/aromatic N) is 2. The van der Waals surface area contributed by atoms with Crippen LogP contribution in [0.25, 0.3) is 0 Å². The summed E-state index contributed by atoms with van der Waals surface area (Å²) in [4.78, 5) is 7.11. The third-order valence-electron chi connectivity index (χ3n) is 3.03. The van der Waals surface area contributed by atoms with E-state index in [1.54, 1.807) is 7.11 Å². The lowest BCUT2D eigenvalue weighted by molar-refractivity contribution is 0.157. The van der Waals surface area contributed by atoms with Crippen molar-refractivity contribution in [3.05, 3.63) is 0 Å². The molecule has 4 heteroatoms. The standard InChI is InChI=1S/C14H29N3O/c1-6-15-13(16-11-14(2,3)4)17-8-7-12(9-17)10-18-5/h12H,6-11H2,1-5H3,(H,15,16). The summed E-state index contributed by atoms with van der Waals surface area (Å²) in [6, 6.07) is 0. The fourth-order valence-electron chi connectivity index (χ4n) is 2.13. The largest absolute Gasteiger partial charge is 0.384 e. The van der Waals surface area contributed by atoms with Crippen LogP contribution in [-0.2, 0) is 4.74 Å². The summed E-state index contributed by atoms with van der Waals surface area (Å²) >= 11 is 0. The lowest BCUT2D eigenvalue weighted by atomic mass is 9.97. The maximum absolute atomic E-state index is 5.24. The average molecular weight is 255 g/mol. The van der Waals surface area contributed by atoms with Gasteiger partial charge in [-0.05, 0) is 18.8 Å². The highest BCUT2D eigenvalue weighted by atomic mass is 16.5. The van der Waals surface area contributed by atoms with Gasteiger partial charge in [-0.15, -0.1) is 0 Å². The van der Waals surface area contributed by atoms with Gasteiger partial charge in [0.05, 0.1) is 6.61 Å². The van der Waals surface area contributed by atoms with E-state index in [4.69, 9.17) is 9.73 Å². The molecule has 0 aromatic carbocycles. The van der Waals surface area contributed by atoms with Crippen molar-refractivity contribution in [1.29, 1.82) is 0 Å². The SMILES string of the molecule is CCNC(=NCC(C)(C)C)N1CCC(COC)C1. The third-order valence-corrected chi connectivity index (χ3v) is 3.03. The van der Waals surface area contributed by atoms with Gasteiger partial charge in [0.15, 0.2) is 5.96 Å². The number of hydrogen-bond acceptors (Lipinski definition) is 2. The number of methoxy groups -OCH3 is 1. The second kappa shape index (κ2) is 6.98. The Balaban J connectivity index is 2.57. The minimum atomic E-state index is 0.242. The molecule has 1 atom stereocenters. The molecular weight excluding hydrogens is 226 g/mol. The molecule has 0 aromatic rings. The Bertz CT molecular complexity index is 271. The Hall–Kier alpha value is -0.770. The lowest BCUT2D eigenvalue weighted by Gasteiger charge is -2.23. The predicted molar refractivity (Wildman–Crippen MR) is 77.0 cm³/mol. The van der Waals surface area contributed by atoms with Gasteiger partial charge in [-0.3, -0.25) is 4.99 Å². The third kappa shape index (κ3) is 5.25. The molecule has 1 fully saturated rings. The monoisotopic (exact) mass is 255 g/mol. The van der Waals surface area contributed by atoms with E-state index in [1.165, 1.54) is 6.42 Å². The van der Waals surface area contributed by atoms with Gasteiger partial charge in [0, 0.05) is 39.2 Å². The fourth-order valence-corrected chi connectivity index (χ4v) is 2.13. The van der Waals surface area contributed by atoms with E-state index in [2.05, 4.69) is 37.9 Å². The summed E-state index contributed by atoms with van der Waals surface area (Å²) in [7, 11) is 1.78. The Morgan fingerprint density at radius 3 is 2.72 bits per heavy atom. The average Bonchev–Trinajstić information content (AvgIpc) is 2.72. The summed E-state index contributed by atoms with van der Waals surface area (Å²) in [5.41, 5.74) is 0.242. The number of nitrogens with one attached hydrogen (secondary N) is 1. The zero-order valence-electron chi connectivity index (χ0n) is 12.6. The Labute approximate surface area is 112 Å². The minimum absolute atomic E-state index is 0.242. The molecule has 0 bridgehead atoms. The Kier molecular flexibility index (Phi) is 5.93. The topological polar surface area (TPSA) is 36.9 Å². The molecule has 1 saturated heterocycles. The second-order valence-corrected chi connectivity index (χ2v) is 6.29. The molecule has 1 rings (SSSR count). The molecule has 0 amide bonds. The van der Waals surface area contributed by atoms with Gasteiger partial charge in [-0.2, -0.15) is 0 Å². The van der Waals surface area contributed by atoms with Gasteiger partial charge in [-0.1, -0.05) is 20.8 Å². The highest BCUT2D eigenvalue weighted by Crippen LogP contribution is 2.18. The van der Waals surface area contributed by atoms with Crippen molar-refractivity contribution in [2.45, 2.75) is 34.1 Å². The molecule has 18 heavy (non-hydrogen) atoms. The molecule has 106 valence electrons. The number of ether oxygens (including phenoxy) is 1. The number of likely N-dealkylation sites (tertiary alicyclic amines) is 1. The van der Waals surface area contributed by atoms with E-state index < -0.39 is 0 Å². The first-order valence-electron chi connectivity index (χ1n) is 6.98. The molecule has 4 nitrogen and oxygen atoms in total. The maximum Gasteiger partial charge on any atom is 0.193 e. The normalized spacial score (nSPS) is 21.5. The van der Waals surface area contributed by atoms with Crippen LogP contribution in [0, 0.1) is 11.3 Å². The zero-order chi connectivity index (χ0) is 13.6. The van der Waals surface area contributed by atoms with Crippen molar-refractivity contribution in [3.8, 4) is 0 Å². The molecule has 1 unspecified atom stereocenters. The molecule has 0 saturated carbocycles. The van der Waals surface area contributed by atoms with Gasteiger partial charge >= 0.3 is 0 Å². The van der Waals surface area contributed by atoms with E-state index in [1.807, 2.05) is 0 Å². The number of rotatable bonds is 4. The second-order valence-electron chi connectivity index (χ2n) is 6.29. The van der Waals surface area contributed by atoms with Crippen molar-refractivity contribution >= 4 is 5.96 Å². The number of aliphatic imine (C=N–C) groups is 1. The van der Waals surface area contributed by atoms with E-state index in [9.17, 15) is 0 Å². The van der Waals surface area contributed by atoms with E-state index in [-0.39, 0.29) is 5.41 Å². The van der Waals surface area contributed by atoms with Gasteiger partial charge in [0.1, 0.15) is 0 Å². The number of guanidine groups is 1. The first-order valence-corrected chi connectivity index (χ1v) is 6.98. The summed E-state index contributed by atoms with van der Waals surface area (Å²) in [6.07, 6.45) is 1.20. The van der Waals surface area contributed by atoms with Gasteiger partial charge in [-0.25, -0.2) is 0 Å². The van der Waals surface area contributed by atoms with Crippen molar-refractivity contribution < 1.29 is 4.74 Å². The summed E-state index contributed by atoms with van der Waals surface area (Å²) in [6.45, 7) is 13.6. The summed E-state index contributed by atoms with van der Waals surface area (Å²) < 4.78 is 5.24. The van der Waals surface area contributed by atoms with Crippen LogP contribution in [0.2, 0.25) is 0 Å². The van der Waals surface area contributed by atoms with Gasteiger partial charge < -0.3 is 15.0 Å². The molecule has 0 aliphatic carbocycles. The van der Waals surface area contributed by atoms with Crippen LogP contribution in [-0.4, -0.2) is 50.8 Å². The lowest BCUT2D eigenvalue weighted by Crippen LogP contribution is -2.40. The quantitative estimate of drug-likeness (QED) is 0.616. The highest BCUT2D eigenvalue weighted by Gasteiger charge is 2.25. The molecule has 1 N–H and O–H groups in total. The molecule has 1 aliphatic heterocycles. The summed E-state index contributed by atoms with van der Waals surface area (Å²) in [5.74, 6) is 1.71. The van der Waals surface area contributed by atoms with Crippen LogP contribution < -0.4 is 5.32 Å². The first-order chi connectivity index (χ1) is 8.46. The molecular formula is C14H29N3O. The molecule has 1 heterocycles. The predicted octanol–water partition coefficient (Wildman–Crippen LogP) is 1.97. The van der Waals surface area contributed by atoms with Crippen LogP contribution in [0.4, 0.5) is 0 Å². The van der Waals surface area contributed by atoms with E-state index in [0.717, 1.165) is 38.7 Å². The minimum Gasteiger partial charge on any atom is -0.384 e. The van der Waals surface area contributed by atoms with Crippen LogP contribution >= 0.6 is 0 Å². The smallest absolute Gasteiger partial charge is 0.193 e. The first kappa shape index (κ1) is 15.3. The maximum atomic E-state index is 5.24. The molecule has 0 aromatic heterocycles. The molecule has 1 aliphatic rings. The van der Waals surface area contributed by atoms with Gasteiger partial charge in [0.25, 0.3) is 0 Å². The van der Waals surface area contributed by atoms with Crippen LogP contribution in [0.5, 0.6) is 0 Å². The molecule has 0 spiro atoms. The molecule has 0 radical (unpaired) electrons. The Morgan fingerprint density at radius 2 is 2.17 bits per heavy atom. The van der Waals surface area contributed by atoms with Crippen molar-refractivity contribution in [2.24, 2.45) is 16.3 Å². The van der Waals surface area contributed by atoms with Crippen LogP contribution in [0.15, 0.2) is 4.99 Å². The van der Waals surface area contributed by atoms with Crippen molar-refractivity contribution in [1.82, 2.24) is 10.2 Å². The Morgan fingerprint density at radius 1 is 1.44 bits per heavy atom. The van der Waals surface area contributed by atoms with Crippen LogP contribution in [0.1, 0.15) is 34.1 Å². The van der Waals surface area contributed by atoms with E-state index in [0.29, 0.717) is 5.92 Å². The van der Waals surface area contributed by atoms with Crippen LogP contribution in [0.3, 0.4) is 0 Å². The highest BCUT2D eigenvalue weighted by molar-refractivity contribution is 5.80. The van der Waals surface area contributed by atoms with Gasteiger partial charge in [0.2, 0.25) is 0 Å². The van der Waals surface area contributed by atoms with Crippen molar-refractivity contribution in [2.75, 3.05) is 39.9 Å².